The van der Waals surface area contributed by atoms with Gasteiger partial charge in [-0.15, -0.1) is 0 Å². The molecule has 2 nitrogen and oxygen atoms in total. The largest absolute Gasteiger partial charge is 0.489 e. The van der Waals surface area contributed by atoms with Crippen molar-refractivity contribution in [1.82, 2.24) is 4.90 Å². The maximum absolute atomic E-state index is 5.87. The fourth-order valence-corrected chi connectivity index (χ4v) is 2.50. The van der Waals surface area contributed by atoms with E-state index >= 15 is 0 Å². The Balaban J connectivity index is 1.52. The molecular weight excluding hydrogens is 282 g/mol. The lowest BCUT2D eigenvalue weighted by atomic mass is 10.2. The van der Waals surface area contributed by atoms with E-state index in [9.17, 15) is 0 Å². The Labute approximate surface area is 131 Å². The number of ether oxygens (including phenoxy) is 1. The number of halogens is 1. The maximum Gasteiger partial charge on any atom is 0.119 e. The second kappa shape index (κ2) is 6.50. The van der Waals surface area contributed by atoms with Crippen molar-refractivity contribution in [3.8, 4) is 5.75 Å². The Hall–Kier alpha value is -1.51. The molecule has 0 N–H and O–H groups in total. The zero-order valence-electron chi connectivity index (χ0n) is 12.3. The lowest BCUT2D eigenvalue weighted by molar-refractivity contribution is 0.304. The zero-order chi connectivity index (χ0) is 14.7. The number of nitrogens with zero attached hydrogens (tertiary/aromatic N) is 1. The van der Waals surface area contributed by atoms with E-state index in [0.717, 1.165) is 28.9 Å². The molecule has 0 bridgehead atoms. The van der Waals surface area contributed by atoms with Gasteiger partial charge >= 0.3 is 0 Å². The summed E-state index contributed by atoms with van der Waals surface area (Å²) >= 11 is 5.87. The van der Waals surface area contributed by atoms with Crippen molar-refractivity contribution in [3.63, 3.8) is 0 Å². The molecule has 21 heavy (non-hydrogen) atoms. The van der Waals surface area contributed by atoms with E-state index in [1.807, 2.05) is 36.4 Å². The average molecular weight is 302 g/mol. The fraction of sp³-hybridized carbons (Fsp3) is 0.333. The average Bonchev–Trinajstić information content (AvgIpc) is 3.33. The van der Waals surface area contributed by atoms with Crippen LogP contribution in [0.25, 0.3) is 0 Å². The summed E-state index contributed by atoms with van der Waals surface area (Å²) in [6.07, 6.45) is 2.69. The minimum absolute atomic E-state index is 0.568. The summed E-state index contributed by atoms with van der Waals surface area (Å²) in [5, 5.41) is 0.753. The van der Waals surface area contributed by atoms with Gasteiger partial charge < -0.3 is 4.74 Å². The summed E-state index contributed by atoms with van der Waals surface area (Å²) in [4.78, 5) is 2.42. The lowest BCUT2D eigenvalue weighted by Gasteiger charge is -2.15. The Morgan fingerprint density at radius 2 is 1.62 bits per heavy atom. The number of hydrogen-bond donors (Lipinski definition) is 0. The predicted octanol–water partition coefficient (Wildman–Crippen LogP) is 4.51. The van der Waals surface area contributed by atoms with E-state index in [1.165, 1.54) is 18.4 Å². The molecule has 1 aliphatic carbocycles. The van der Waals surface area contributed by atoms with Gasteiger partial charge in [-0.1, -0.05) is 35.9 Å². The van der Waals surface area contributed by atoms with Gasteiger partial charge in [-0.2, -0.15) is 0 Å². The molecule has 0 radical (unpaired) electrons. The molecule has 0 amide bonds. The first-order chi connectivity index (χ1) is 10.2. The van der Waals surface area contributed by atoms with Crippen molar-refractivity contribution < 1.29 is 4.74 Å². The fourth-order valence-electron chi connectivity index (χ4n) is 2.37. The van der Waals surface area contributed by atoms with Crippen LogP contribution in [0.2, 0.25) is 5.02 Å². The minimum Gasteiger partial charge on any atom is -0.489 e. The van der Waals surface area contributed by atoms with Crippen molar-refractivity contribution >= 4 is 11.6 Å². The van der Waals surface area contributed by atoms with Gasteiger partial charge in [0.1, 0.15) is 12.4 Å². The van der Waals surface area contributed by atoms with Crippen LogP contribution in [0.15, 0.2) is 48.5 Å². The third kappa shape index (κ3) is 4.23. The Morgan fingerprint density at radius 3 is 2.24 bits per heavy atom. The Kier molecular flexibility index (Phi) is 4.47. The number of rotatable bonds is 6. The van der Waals surface area contributed by atoms with Crippen LogP contribution in [0.3, 0.4) is 0 Å². The van der Waals surface area contributed by atoms with Crippen LogP contribution in [0.1, 0.15) is 24.0 Å². The highest BCUT2D eigenvalue weighted by atomic mass is 35.5. The first kappa shape index (κ1) is 14.4. The first-order valence-corrected chi connectivity index (χ1v) is 7.75. The molecule has 0 unspecified atom stereocenters. The summed E-state index contributed by atoms with van der Waals surface area (Å²) < 4.78 is 5.80. The maximum atomic E-state index is 5.87. The van der Waals surface area contributed by atoms with Gasteiger partial charge in [-0.05, 0) is 55.3 Å². The van der Waals surface area contributed by atoms with Crippen molar-refractivity contribution in [2.24, 2.45) is 0 Å². The SMILES string of the molecule is CN(Cc1ccc(OCc2ccc(Cl)cc2)cc1)C1CC1. The molecule has 0 atom stereocenters. The van der Waals surface area contributed by atoms with E-state index in [2.05, 4.69) is 24.1 Å². The van der Waals surface area contributed by atoms with Crippen LogP contribution in [0.5, 0.6) is 5.75 Å². The molecule has 0 heterocycles. The third-order valence-corrected chi connectivity index (χ3v) is 4.10. The third-order valence-electron chi connectivity index (χ3n) is 3.84. The normalized spacial score (nSPS) is 14.4. The lowest BCUT2D eigenvalue weighted by Crippen LogP contribution is -2.19. The number of benzene rings is 2. The van der Waals surface area contributed by atoms with Crippen LogP contribution < -0.4 is 4.74 Å². The molecule has 110 valence electrons. The van der Waals surface area contributed by atoms with E-state index in [4.69, 9.17) is 16.3 Å². The van der Waals surface area contributed by atoms with Crippen molar-refractivity contribution in [2.45, 2.75) is 32.0 Å². The molecule has 1 fully saturated rings. The molecular formula is C18H20ClNO. The highest BCUT2D eigenvalue weighted by Gasteiger charge is 2.25. The second-order valence-corrected chi connectivity index (χ2v) is 6.14. The van der Waals surface area contributed by atoms with Crippen LogP contribution >= 0.6 is 11.6 Å². The second-order valence-electron chi connectivity index (χ2n) is 5.71. The van der Waals surface area contributed by atoms with Gasteiger partial charge in [-0.25, -0.2) is 0 Å². The van der Waals surface area contributed by atoms with Crippen molar-refractivity contribution in [2.75, 3.05) is 7.05 Å². The summed E-state index contributed by atoms with van der Waals surface area (Å²) in [6, 6.07) is 16.9. The van der Waals surface area contributed by atoms with Gasteiger partial charge in [0.15, 0.2) is 0 Å². The van der Waals surface area contributed by atoms with Gasteiger partial charge in [0.2, 0.25) is 0 Å². The van der Waals surface area contributed by atoms with Gasteiger partial charge in [0.25, 0.3) is 0 Å². The van der Waals surface area contributed by atoms with Crippen LogP contribution in [-0.4, -0.2) is 18.0 Å². The topological polar surface area (TPSA) is 12.5 Å². The Morgan fingerprint density at radius 1 is 1.00 bits per heavy atom. The van der Waals surface area contributed by atoms with E-state index in [1.54, 1.807) is 0 Å². The molecule has 3 rings (SSSR count). The smallest absolute Gasteiger partial charge is 0.119 e. The van der Waals surface area contributed by atoms with Crippen LogP contribution in [0.4, 0.5) is 0 Å². The summed E-state index contributed by atoms with van der Waals surface area (Å²) in [5.74, 6) is 0.905. The van der Waals surface area contributed by atoms with E-state index in [0.29, 0.717) is 6.61 Å². The molecule has 0 spiro atoms. The summed E-state index contributed by atoms with van der Waals surface area (Å²) in [5.41, 5.74) is 2.46. The molecule has 0 aliphatic heterocycles. The van der Waals surface area contributed by atoms with Crippen LogP contribution in [0, 0.1) is 0 Å². The van der Waals surface area contributed by atoms with Crippen LogP contribution in [-0.2, 0) is 13.2 Å². The molecule has 1 aliphatic rings. The van der Waals surface area contributed by atoms with Crippen molar-refractivity contribution in [1.29, 1.82) is 0 Å². The minimum atomic E-state index is 0.568. The molecule has 0 aromatic heterocycles. The highest BCUT2D eigenvalue weighted by molar-refractivity contribution is 6.30. The Bertz CT molecular complexity index is 575. The molecule has 1 saturated carbocycles. The molecule has 0 saturated heterocycles. The highest BCUT2D eigenvalue weighted by Crippen LogP contribution is 2.27. The van der Waals surface area contributed by atoms with Gasteiger partial charge in [0.05, 0.1) is 0 Å². The molecule has 2 aromatic carbocycles. The van der Waals surface area contributed by atoms with Gasteiger partial charge in [0, 0.05) is 17.6 Å². The van der Waals surface area contributed by atoms with E-state index < -0.39 is 0 Å². The van der Waals surface area contributed by atoms with Gasteiger partial charge in [-0.3, -0.25) is 4.90 Å². The van der Waals surface area contributed by atoms with Crippen molar-refractivity contribution in [3.05, 3.63) is 64.7 Å². The van der Waals surface area contributed by atoms with E-state index in [-0.39, 0.29) is 0 Å². The molecule has 2 aromatic rings. The molecule has 3 heteroatoms. The first-order valence-electron chi connectivity index (χ1n) is 7.37. The standard InChI is InChI=1S/C18H20ClNO/c1-20(17-8-9-17)12-14-4-10-18(11-5-14)21-13-15-2-6-16(19)7-3-15/h2-7,10-11,17H,8-9,12-13H2,1H3. The summed E-state index contributed by atoms with van der Waals surface area (Å²) in [6.45, 7) is 1.58. The quantitative estimate of drug-likeness (QED) is 0.778. The summed E-state index contributed by atoms with van der Waals surface area (Å²) in [7, 11) is 2.20. The monoisotopic (exact) mass is 301 g/mol. The predicted molar refractivity (Wildman–Crippen MR) is 86.7 cm³/mol. The zero-order valence-corrected chi connectivity index (χ0v) is 13.0. The number of hydrogen-bond acceptors (Lipinski definition) is 2.